The van der Waals surface area contributed by atoms with Crippen molar-refractivity contribution in [1.82, 2.24) is 5.32 Å². The highest BCUT2D eigenvalue weighted by atomic mass is 35.5. The van der Waals surface area contributed by atoms with Crippen LogP contribution in [0.1, 0.15) is 17.2 Å². The van der Waals surface area contributed by atoms with Crippen LogP contribution in [0, 0.1) is 0 Å². The number of para-hydroxylation sites is 1. The van der Waals surface area contributed by atoms with Crippen molar-refractivity contribution in [2.45, 2.75) is 10.9 Å². The minimum absolute atomic E-state index is 0.104. The Morgan fingerprint density at radius 2 is 1.96 bits per heavy atom. The van der Waals surface area contributed by atoms with Gasteiger partial charge in [0.05, 0.1) is 31.5 Å². The molecule has 0 radical (unpaired) electrons. The summed E-state index contributed by atoms with van der Waals surface area (Å²) in [6, 6.07) is 14.7. The molecule has 0 bridgehead atoms. The maximum atomic E-state index is 6.23. The van der Waals surface area contributed by atoms with Crippen LogP contribution in [0.15, 0.2) is 47.4 Å². The van der Waals surface area contributed by atoms with Gasteiger partial charge >= 0.3 is 0 Å². The van der Waals surface area contributed by atoms with Crippen molar-refractivity contribution in [3.63, 3.8) is 0 Å². The lowest BCUT2D eigenvalue weighted by atomic mass is 9.97. The van der Waals surface area contributed by atoms with Gasteiger partial charge < -0.3 is 19.1 Å². The van der Waals surface area contributed by atoms with Crippen molar-refractivity contribution in [2.75, 3.05) is 44.8 Å². The van der Waals surface area contributed by atoms with E-state index in [0.29, 0.717) is 19.8 Å². The molecule has 1 N–H and O–H groups in total. The van der Waals surface area contributed by atoms with Gasteiger partial charge in [-0.2, -0.15) is 0 Å². The zero-order valence-corrected chi connectivity index (χ0v) is 16.1. The number of hydrogen-bond acceptors (Lipinski definition) is 5. The lowest BCUT2D eigenvalue weighted by molar-refractivity contribution is 0.0714. The monoisotopic (exact) mass is 378 g/mol. The molecular formula is C19H23ClN2O2S. The van der Waals surface area contributed by atoms with Crippen LogP contribution in [-0.4, -0.2) is 40.5 Å². The molecule has 0 saturated heterocycles. The molecule has 6 heteroatoms. The fourth-order valence-corrected chi connectivity index (χ4v) is 4.22. The van der Waals surface area contributed by atoms with Gasteiger partial charge in [0.1, 0.15) is 0 Å². The number of benzene rings is 2. The van der Waals surface area contributed by atoms with Crippen LogP contribution >= 0.6 is 23.5 Å². The van der Waals surface area contributed by atoms with Crippen molar-refractivity contribution >= 4 is 29.2 Å². The molecule has 1 atom stereocenters. The first kappa shape index (κ1) is 18.5. The van der Waals surface area contributed by atoms with Gasteiger partial charge in [0, 0.05) is 30.6 Å². The van der Waals surface area contributed by atoms with Crippen LogP contribution in [0.5, 0.6) is 0 Å². The third-order valence-electron chi connectivity index (χ3n) is 4.14. The molecule has 134 valence electrons. The van der Waals surface area contributed by atoms with Crippen LogP contribution in [0.3, 0.4) is 0 Å². The number of hydrogen-bond donors (Lipinski definition) is 1. The second-order valence-electron chi connectivity index (χ2n) is 5.82. The highest BCUT2D eigenvalue weighted by Crippen LogP contribution is 2.43. The van der Waals surface area contributed by atoms with E-state index in [2.05, 4.69) is 47.0 Å². The molecule has 0 fully saturated rings. The number of fused-ring (bicyclic) bond motifs is 2. The van der Waals surface area contributed by atoms with E-state index in [9.17, 15) is 0 Å². The largest absolute Gasteiger partial charge is 0.382 e. The summed E-state index contributed by atoms with van der Waals surface area (Å²) in [5, 5.41) is 4.40. The molecule has 0 saturated carbocycles. The van der Waals surface area contributed by atoms with Gasteiger partial charge in [-0.25, -0.2) is 0 Å². The maximum absolute atomic E-state index is 6.23. The zero-order chi connectivity index (χ0) is 17.6. The average molecular weight is 379 g/mol. The molecule has 0 aliphatic carbocycles. The summed E-state index contributed by atoms with van der Waals surface area (Å²) in [5.74, 6) is 0. The smallest absolute Gasteiger partial charge is 0.0700 e. The molecular weight excluding hydrogens is 356 g/mol. The van der Waals surface area contributed by atoms with Crippen molar-refractivity contribution in [2.24, 2.45) is 0 Å². The Kier molecular flexibility index (Phi) is 6.62. The topological polar surface area (TPSA) is 33.7 Å². The predicted molar refractivity (Wildman–Crippen MR) is 105 cm³/mol. The van der Waals surface area contributed by atoms with Crippen LogP contribution in [0.25, 0.3) is 0 Å². The highest BCUT2D eigenvalue weighted by Gasteiger charge is 2.26. The number of halogens is 1. The average Bonchev–Trinajstić information content (AvgIpc) is 2.73. The Bertz CT molecular complexity index is 714. The van der Waals surface area contributed by atoms with Crippen molar-refractivity contribution in [3.05, 3.63) is 58.6 Å². The first-order valence-corrected chi connectivity index (χ1v) is 9.46. The molecule has 25 heavy (non-hydrogen) atoms. The quantitative estimate of drug-likeness (QED) is 0.578. The predicted octanol–water partition coefficient (Wildman–Crippen LogP) is 4.14. The molecule has 1 aliphatic heterocycles. The summed E-state index contributed by atoms with van der Waals surface area (Å²) >= 11 is 7.93. The number of rotatable bonds is 7. The van der Waals surface area contributed by atoms with E-state index in [0.717, 1.165) is 11.6 Å². The second-order valence-corrected chi connectivity index (χ2v) is 7.43. The number of nitrogens with one attached hydrogen (secondary N) is 1. The van der Waals surface area contributed by atoms with E-state index in [1.54, 1.807) is 19.1 Å². The van der Waals surface area contributed by atoms with E-state index in [1.165, 1.54) is 21.7 Å². The number of ether oxygens (including phenoxy) is 2. The van der Waals surface area contributed by atoms with Gasteiger partial charge in [0.15, 0.2) is 0 Å². The number of methoxy groups -OCH3 is 1. The van der Waals surface area contributed by atoms with E-state index in [-0.39, 0.29) is 6.04 Å². The van der Waals surface area contributed by atoms with Gasteiger partial charge in [0.25, 0.3) is 0 Å². The Labute approximate surface area is 158 Å². The van der Waals surface area contributed by atoms with E-state index >= 15 is 0 Å². The molecule has 2 aromatic carbocycles. The van der Waals surface area contributed by atoms with E-state index in [1.807, 2.05) is 12.1 Å². The Morgan fingerprint density at radius 3 is 2.80 bits per heavy atom. The van der Waals surface area contributed by atoms with Crippen LogP contribution in [0.2, 0.25) is 5.02 Å². The molecule has 0 amide bonds. The third kappa shape index (κ3) is 4.49. The molecule has 1 unspecified atom stereocenters. The highest BCUT2D eigenvalue weighted by molar-refractivity contribution is 8.00. The van der Waals surface area contributed by atoms with Crippen LogP contribution in [0.4, 0.5) is 5.69 Å². The summed E-state index contributed by atoms with van der Waals surface area (Å²) in [6.07, 6.45) is 0. The molecule has 1 heterocycles. The molecule has 0 aromatic heterocycles. The minimum Gasteiger partial charge on any atom is -0.382 e. The minimum atomic E-state index is 0.104. The lowest BCUT2D eigenvalue weighted by Crippen LogP contribution is -2.27. The maximum Gasteiger partial charge on any atom is 0.0700 e. The molecule has 1 aliphatic rings. The normalized spacial score (nSPS) is 16.3. The fraction of sp³-hybridized carbons (Fsp3) is 0.368. The lowest BCUT2D eigenvalue weighted by Gasteiger charge is -2.22. The molecule has 3 rings (SSSR count). The van der Waals surface area contributed by atoms with E-state index < -0.39 is 0 Å². The molecule has 4 nitrogen and oxygen atoms in total. The van der Waals surface area contributed by atoms with Crippen LogP contribution in [-0.2, 0) is 9.47 Å². The van der Waals surface area contributed by atoms with Crippen molar-refractivity contribution in [3.8, 4) is 0 Å². The summed E-state index contributed by atoms with van der Waals surface area (Å²) in [4.78, 5) is 1.17. The number of anilines is 1. The van der Waals surface area contributed by atoms with Crippen molar-refractivity contribution < 1.29 is 9.47 Å². The standard InChI is InChI=1S/C19H23ClN2O2S/c1-22-17-6-4-3-5-15(17)19(21-9-10-24-12-11-23-2)16-8-7-14(20)13-18(16)25-22/h3-8,13,19,21H,9-12H2,1-2H3. The Morgan fingerprint density at radius 1 is 1.12 bits per heavy atom. The third-order valence-corrected chi connectivity index (χ3v) is 5.39. The summed E-state index contributed by atoms with van der Waals surface area (Å²) in [5.41, 5.74) is 3.70. The first-order valence-electron chi connectivity index (χ1n) is 8.31. The molecule has 0 spiro atoms. The fourth-order valence-electron chi connectivity index (χ4n) is 2.95. The first-order chi connectivity index (χ1) is 12.2. The van der Waals surface area contributed by atoms with Crippen molar-refractivity contribution in [1.29, 1.82) is 0 Å². The van der Waals surface area contributed by atoms with Gasteiger partial charge in [0.2, 0.25) is 0 Å². The van der Waals surface area contributed by atoms with Gasteiger partial charge in [-0.3, -0.25) is 0 Å². The van der Waals surface area contributed by atoms with Gasteiger partial charge in [-0.15, -0.1) is 0 Å². The van der Waals surface area contributed by atoms with Gasteiger partial charge in [-0.1, -0.05) is 35.9 Å². The Hall–Kier alpha value is -1.24. The SMILES string of the molecule is COCCOCCNC1c2ccc(Cl)cc2SN(C)c2ccccc21. The van der Waals surface area contributed by atoms with Gasteiger partial charge in [-0.05, 0) is 41.3 Å². The Balaban J connectivity index is 1.83. The zero-order valence-electron chi connectivity index (χ0n) is 14.5. The summed E-state index contributed by atoms with van der Waals surface area (Å²) in [6.45, 7) is 2.65. The van der Waals surface area contributed by atoms with E-state index in [4.69, 9.17) is 21.1 Å². The summed E-state index contributed by atoms with van der Waals surface area (Å²) < 4.78 is 12.8. The number of nitrogens with zero attached hydrogens (tertiary/aromatic N) is 1. The summed E-state index contributed by atoms with van der Waals surface area (Å²) in [7, 11) is 3.77. The van der Waals surface area contributed by atoms with Crippen LogP contribution < -0.4 is 9.62 Å². The second kappa shape index (κ2) is 8.92. The molecule has 2 aromatic rings.